The predicted molar refractivity (Wildman–Crippen MR) is 137 cm³/mol. The van der Waals surface area contributed by atoms with Crippen molar-refractivity contribution < 1.29 is 9.59 Å². The van der Waals surface area contributed by atoms with Crippen molar-refractivity contribution in [3.8, 4) is 6.07 Å². The molecule has 0 aliphatic carbocycles. The van der Waals surface area contributed by atoms with Crippen molar-refractivity contribution in [1.82, 2.24) is 0 Å². The molecule has 0 saturated carbocycles. The zero-order valence-corrected chi connectivity index (χ0v) is 20.1. The van der Waals surface area contributed by atoms with E-state index in [0.717, 1.165) is 22.3 Å². The number of anilines is 2. The van der Waals surface area contributed by atoms with Crippen LogP contribution in [0.5, 0.6) is 0 Å². The molecule has 0 aromatic heterocycles. The summed E-state index contributed by atoms with van der Waals surface area (Å²) in [4.78, 5) is 28.2. The molecule has 2 amide bonds. The Morgan fingerprint density at radius 3 is 2.21 bits per heavy atom. The Hall–Kier alpha value is -3.82. The van der Waals surface area contributed by atoms with Gasteiger partial charge < -0.3 is 5.32 Å². The lowest BCUT2D eigenvalue weighted by atomic mass is 10.0. The van der Waals surface area contributed by atoms with Crippen LogP contribution < -0.4 is 10.2 Å². The fourth-order valence-electron chi connectivity index (χ4n) is 3.79. The molecule has 4 rings (SSSR count). The summed E-state index contributed by atoms with van der Waals surface area (Å²) in [5.41, 5.74) is 5.46. The highest BCUT2D eigenvalue weighted by Crippen LogP contribution is 2.42. The Morgan fingerprint density at radius 1 is 0.971 bits per heavy atom. The molecule has 1 saturated heterocycles. The van der Waals surface area contributed by atoms with Gasteiger partial charge >= 0.3 is 0 Å². The second-order valence-corrected chi connectivity index (χ2v) is 9.55. The van der Waals surface area contributed by atoms with Crippen LogP contribution in [0.2, 0.25) is 0 Å². The Balaban J connectivity index is 1.73. The summed E-state index contributed by atoms with van der Waals surface area (Å²) in [5.74, 6) is -0.668. The Kier molecular flexibility index (Phi) is 6.85. The van der Waals surface area contributed by atoms with Gasteiger partial charge in [0, 0.05) is 11.4 Å². The number of amides is 2. The Bertz CT molecular complexity index is 1300. The monoisotopic (exact) mass is 467 g/mol. The minimum atomic E-state index is -0.532. The summed E-state index contributed by atoms with van der Waals surface area (Å²) < 4.78 is 0. The van der Waals surface area contributed by atoms with Gasteiger partial charge in [-0.3, -0.25) is 14.5 Å². The maximum atomic E-state index is 13.6. The first-order chi connectivity index (χ1) is 16.4. The maximum Gasteiger partial charge on any atom is 0.269 e. The van der Waals surface area contributed by atoms with E-state index in [1.54, 1.807) is 12.1 Å². The molecule has 0 radical (unpaired) electrons. The van der Waals surface area contributed by atoms with Gasteiger partial charge in [0.05, 0.1) is 5.25 Å². The summed E-state index contributed by atoms with van der Waals surface area (Å²) in [5, 5.41) is 12.7. The van der Waals surface area contributed by atoms with Crippen molar-refractivity contribution in [1.29, 1.82) is 5.26 Å². The quantitative estimate of drug-likeness (QED) is 0.387. The number of aryl methyl sites for hydroxylation is 3. The fraction of sp³-hybridized carbons (Fsp3) is 0.179. The molecular weight excluding hydrogens is 442 g/mol. The average Bonchev–Trinajstić information content (AvgIpc) is 3.13. The molecule has 0 bridgehead atoms. The molecule has 0 unspecified atom stereocenters. The number of nitrogens with one attached hydrogen (secondary N) is 1. The summed E-state index contributed by atoms with van der Waals surface area (Å²) in [7, 11) is 0. The van der Waals surface area contributed by atoms with Gasteiger partial charge in [-0.05, 0) is 62.6 Å². The molecule has 1 atom stereocenters. The van der Waals surface area contributed by atoms with Gasteiger partial charge in [0.25, 0.3) is 5.91 Å². The van der Waals surface area contributed by atoms with Crippen LogP contribution in [0.15, 0.2) is 83.4 Å². The number of nitriles is 1. The Labute approximate surface area is 204 Å². The number of rotatable bonds is 5. The first-order valence-corrected chi connectivity index (χ1v) is 11.9. The number of nitrogens with zero attached hydrogens (tertiary/aromatic N) is 2. The number of carbonyl (C=O) groups excluding carboxylic acids is 2. The van der Waals surface area contributed by atoms with Crippen molar-refractivity contribution in [2.24, 2.45) is 0 Å². The third-order valence-corrected chi connectivity index (χ3v) is 7.04. The van der Waals surface area contributed by atoms with E-state index in [9.17, 15) is 14.9 Å². The van der Waals surface area contributed by atoms with Gasteiger partial charge in [0.1, 0.15) is 16.7 Å². The zero-order chi connectivity index (χ0) is 24.2. The third kappa shape index (κ3) is 4.90. The largest absolute Gasteiger partial charge is 0.321 e. The van der Waals surface area contributed by atoms with Gasteiger partial charge in [0.2, 0.25) is 5.91 Å². The average molecular weight is 468 g/mol. The lowest BCUT2D eigenvalue weighted by Gasteiger charge is -2.19. The van der Waals surface area contributed by atoms with E-state index in [-0.39, 0.29) is 11.5 Å². The van der Waals surface area contributed by atoms with E-state index < -0.39 is 11.2 Å². The van der Waals surface area contributed by atoms with E-state index in [1.807, 2.05) is 81.4 Å². The molecule has 3 aromatic carbocycles. The van der Waals surface area contributed by atoms with Gasteiger partial charge in [-0.25, -0.2) is 0 Å². The number of benzene rings is 3. The fourth-order valence-corrected chi connectivity index (χ4v) is 5.08. The first kappa shape index (κ1) is 23.3. The molecule has 1 heterocycles. The molecule has 0 spiro atoms. The van der Waals surface area contributed by atoms with Crippen LogP contribution in [0.4, 0.5) is 11.4 Å². The topological polar surface area (TPSA) is 73.2 Å². The van der Waals surface area contributed by atoms with Gasteiger partial charge in [-0.15, -0.1) is 0 Å². The minimum absolute atomic E-state index is 0.0771. The Morgan fingerprint density at radius 2 is 1.59 bits per heavy atom. The lowest BCUT2D eigenvalue weighted by molar-refractivity contribution is -0.117. The lowest BCUT2D eigenvalue weighted by Crippen LogP contribution is -2.31. The number of hydrogen-bond acceptors (Lipinski definition) is 4. The second-order valence-electron chi connectivity index (χ2n) is 8.36. The molecule has 34 heavy (non-hydrogen) atoms. The van der Waals surface area contributed by atoms with Crippen molar-refractivity contribution in [3.05, 3.63) is 106 Å². The SMILES string of the molecule is Cc1ccc(NC(=O)/C(C#N)=C2\S[C@@H](Cc3ccccc3C)C(=O)N2c2ccc(C)cc2)cc1. The van der Waals surface area contributed by atoms with Crippen molar-refractivity contribution in [3.63, 3.8) is 0 Å². The van der Waals surface area contributed by atoms with Gasteiger partial charge in [-0.1, -0.05) is 71.4 Å². The van der Waals surface area contributed by atoms with E-state index in [4.69, 9.17) is 0 Å². The smallest absolute Gasteiger partial charge is 0.269 e. The number of hydrogen-bond donors (Lipinski definition) is 1. The highest BCUT2D eigenvalue weighted by Gasteiger charge is 2.41. The molecule has 1 aliphatic rings. The van der Waals surface area contributed by atoms with Gasteiger partial charge in [-0.2, -0.15) is 5.26 Å². The predicted octanol–water partition coefficient (Wildman–Crippen LogP) is 5.68. The molecule has 1 fully saturated rings. The third-order valence-electron chi connectivity index (χ3n) is 5.77. The van der Waals surface area contributed by atoms with Gasteiger partial charge in [0.15, 0.2) is 0 Å². The molecule has 6 heteroatoms. The number of thioether (sulfide) groups is 1. The first-order valence-electron chi connectivity index (χ1n) is 11.0. The summed E-state index contributed by atoms with van der Waals surface area (Å²) in [6, 6.07) is 24.9. The standard InChI is InChI=1S/C28H25N3O2S/c1-18-8-12-22(13-9-18)30-26(32)24(17-29)28-31(23-14-10-19(2)11-15-23)27(33)25(34-28)16-21-7-5-4-6-20(21)3/h4-15,25H,16H2,1-3H3,(H,30,32)/b28-24-/t25-/m0/s1. The molecule has 1 N–H and O–H groups in total. The van der Waals surface area contributed by atoms with Crippen LogP contribution in [0.1, 0.15) is 22.3 Å². The van der Waals surface area contributed by atoms with Crippen LogP contribution in [0, 0.1) is 32.1 Å². The zero-order valence-electron chi connectivity index (χ0n) is 19.3. The van der Waals surface area contributed by atoms with E-state index in [0.29, 0.717) is 22.8 Å². The minimum Gasteiger partial charge on any atom is -0.321 e. The van der Waals surface area contributed by atoms with Crippen LogP contribution in [-0.2, 0) is 16.0 Å². The summed E-state index contributed by atoms with van der Waals surface area (Å²) in [6.45, 7) is 5.95. The van der Waals surface area contributed by atoms with Crippen LogP contribution in [-0.4, -0.2) is 17.1 Å². The van der Waals surface area contributed by atoms with Crippen molar-refractivity contribution >= 4 is 35.0 Å². The highest BCUT2D eigenvalue weighted by molar-refractivity contribution is 8.05. The summed E-state index contributed by atoms with van der Waals surface area (Å²) in [6.07, 6.45) is 0.514. The molecule has 170 valence electrons. The maximum absolute atomic E-state index is 13.6. The second kappa shape index (κ2) is 9.98. The molecule has 3 aromatic rings. The number of carbonyl (C=O) groups is 2. The normalized spacial score (nSPS) is 16.8. The van der Waals surface area contributed by atoms with Crippen LogP contribution in [0.25, 0.3) is 0 Å². The highest BCUT2D eigenvalue weighted by atomic mass is 32.2. The van der Waals surface area contributed by atoms with Crippen molar-refractivity contribution in [2.75, 3.05) is 10.2 Å². The van der Waals surface area contributed by atoms with Crippen molar-refractivity contribution in [2.45, 2.75) is 32.4 Å². The van der Waals surface area contributed by atoms with E-state index in [1.165, 1.54) is 16.7 Å². The van der Waals surface area contributed by atoms with E-state index >= 15 is 0 Å². The van der Waals surface area contributed by atoms with Crippen LogP contribution in [0.3, 0.4) is 0 Å². The van der Waals surface area contributed by atoms with Crippen LogP contribution >= 0.6 is 11.8 Å². The molecule has 1 aliphatic heterocycles. The molecular formula is C28H25N3O2S. The van der Waals surface area contributed by atoms with E-state index in [2.05, 4.69) is 11.4 Å². The molecule has 5 nitrogen and oxygen atoms in total. The summed E-state index contributed by atoms with van der Waals surface area (Å²) >= 11 is 1.28.